The molecule has 0 spiro atoms. The van der Waals surface area contributed by atoms with Gasteiger partial charge in [-0.3, -0.25) is 9.29 Å². The van der Waals surface area contributed by atoms with Gasteiger partial charge < -0.3 is 4.42 Å². The van der Waals surface area contributed by atoms with Crippen molar-refractivity contribution in [3.63, 3.8) is 0 Å². The minimum absolute atomic E-state index is 0.0102. The Kier molecular flexibility index (Phi) is 6.08. The predicted molar refractivity (Wildman–Crippen MR) is 108 cm³/mol. The maximum absolute atomic E-state index is 14.9. The highest BCUT2D eigenvalue weighted by Crippen LogP contribution is 2.27. The fraction of sp³-hybridized carbons (Fsp3) is 0.0952. The lowest BCUT2D eigenvalue weighted by molar-refractivity contribution is 0.116. The Morgan fingerprint density at radius 2 is 1.84 bits per heavy atom. The first kappa shape index (κ1) is 20.7. The van der Waals surface area contributed by atoms with Gasteiger partial charge in [0.25, 0.3) is 5.89 Å². The molecular formula is C21H15F3N4O2S. The van der Waals surface area contributed by atoms with Gasteiger partial charge in [0.2, 0.25) is 5.89 Å². The van der Waals surface area contributed by atoms with Crippen LogP contribution in [0.1, 0.15) is 17.9 Å². The molecule has 6 nitrogen and oxygen atoms in total. The third kappa shape index (κ3) is 4.64. The summed E-state index contributed by atoms with van der Waals surface area (Å²) < 4.78 is 59.8. The number of aromatic nitrogens is 3. The normalized spacial score (nSPS) is 12.1. The van der Waals surface area contributed by atoms with E-state index in [2.05, 4.69) is 15.2 Å². The van der Waals surface area contributed by atoms with Crippen LogP contribution in [-0.4, -0.2) is 19.4 Å². The fourth-order valence-corrected chi connectivity index (χ4v) is 3.99. The molecule has 0 radical (unpaired) electrons. The molecule has 2 heterocycles. The van der Waals surface area contributed by atoms with Crippen LogP contribution in [-0.2, 0) is 17.5 Å². The van der Waals surface area contributed by atoms with Gasteiger partial charge in [0.1, 0.15) is 5.82 Å². The number of anilines is 1. The lowest BCUT2D eigenvalue weighted by Crippen LogP contribution is -2.26. The average Bonchev–Trinajstić information content (AvgIpc) is 3.30. The third-order valence-corrected chi connectivity index (χ3v) is 5.71. The molecular weight excluding hydrogens is 429 g/mol. The molecule has 2 aromatic heterocycles. The molecule has 1 atom stereocenters. The number of hydrogen-bond donors (Lipinski definition) is 0. The zero-order valence-corrected chi connectivity index (χ0v) is 16.7. The molecule has 0 fully saturated rings. The minimum Gasteiger partial charge on any atom is -0.415 e. The average molecular weight is 444 g/mol. The van der Waals surface area contributed by atoms with Crippen molar-refractivity contribution in [2.24, 2.45) is 0 Å². The van der Waals surface area contributed by atoms with Crippen LogP contribution < -0.4 is 4.31 Å². The summed E-state index contributed by atoms with van der Waals surface area (Å²) in [6.07, 6.45) is 0.150. The Bertz CT molecular complexity index is 1190. The maximum Gasteiger partial charge on any atom is 0.314 e. The van der Waals surface area contributed by atoms with Crippen LogP contribution in [0.25, 0.3) is 11.5 Å². The first-order valence-corrected chi connectivity index (χ1v) is 10.2. The molecule has 4 aromatic rings. The Morgan fingerprint density at radius 3 is 2.48 bits per heavy atom. The molecule has 4 rings (SSSR count). The number of rotatable bonds is 7. The summed E-state index contributed by atoms with van der Waals surface area (Å²) in [6, 6.07) is 16.4. The van der Waals surface area contributed by atoms with Gasteiger partial charge in [-0.2, -0.15) is 8.78 Å². The van der Waals surface area contributed by atoms with Crippen LogP contribution in [0.5, 0.6) is 0 Å². The highest BCUT2D eigenvalue weighted by molar-refractivity contribution is 7.86. The van der Waals surface area contributed by atoms with Crippen molar-refractivity contribution in [3.05, 3.63) is 90.3 Å². The van der Waals surface area contributed by atoms with Gasteiger partial charge in [-0.1, -0.05) is 24.3 Å². The van der Waals surface area contributed by atoms with Crippen LogP contribution in [0.15, 0.2) is 82.4 Å². The van der Waals surface area contributed by atoms with Gasteiger partial charge >= 0.3 is 6.43 Å². The van der Waals surface area contributed by atoms with Crippen molar-refractivity contribution in [1.82, 2.24) is 15.2 Å². The highest BCUT2D eigenvalue weighted by Gasteiger charge is 2.21. The molecule has 1 unspecified atom stereocenters. The Hall–Kier alpha value is -3.53. The summed E-state index contributed by atoms with van der Waals surface area (Å²) in [5.41, 5.74) is 1.05. The number of hydrogen-bond acceptors (Lipinski definition) is 5. The first-order valence-electron chi connectivity index (χ1n) is 9.08. The van der Waals surface area contributed by atoms with Crippen LogP contribution in [0.4, 0.5) is 18.9 Å². The van der Waals surface area contributed by atoms with Gasteiger partial charge in [0.05, 0.1) is 11.4 Å². The second-order valence-electron chi connectivity index (χ2n) is 6.36. The van der Waals surface area contributed by atoms with E-state index < -0.39 is 29.1 Å². The van der Waals surface area contributed by atoms with Crippen LogP contribution in [0.3, 0.4) is 0 Å². The van der Waals surface area contributed by atoms with Gasteiger partial charge in [-0.25, -0.2) is 8.60 Å². The van der Waals surface area contributed by atoms with Crippen LogP contribution >= 0.6 is 0 Å². The highest BCUT2D eigenvalue weighted by atomic mass is 32.2. The minimum atomic E-state index is -2.91. The second kappa shape index (κ2) is 9.09. The Balaban J connectivity index is 1.64. The number of para-hydroxylation sites is 1. The quantitative estimate of drug-likeness (QED) is 0.404. The first-order chi connectivity index (χ1) is 15.0. The number of benzene rings is 2. The van der Waals surface area contributed by atoms with E-state index in [1.54, 1.807) is 42.6 Å². The van der Waals surface area contributed by atoms with Crippen molar-refractivity contribution in [2.45, 2.75) is 17.9 Å². The van der Waals surface area contributed by atoms with Crippen molar-refractivity contribution in [2.75, 3.05) is 4.31 Å². The lowest BCUT2D eigenvalue weighted by Gasteiger charge is -2.23. The fourth-order valence-electron chi connectivity index (χ4n) is 2.82. The van der Waals surface area contributed by atoms with Crippen LogP contribution in [0.2, 0.25) is 0 Å². The monoisotopic (exact) mass is 444 g/mol. The Morgan fingerprint density at radius 1 is 1.03 bits per heavy atom. The molecule has 0 amide bonds. The van der Waals surface area contributed by atoms with E-state index in [0.717, 1.165) is 6.07 Å². The van der Waals surface area contributed by atoms with Crippen molar-refractivity contribution >= 4 is 16.7 Å². The molecule has 10 heteroatoms. The van der Waals surface area contributed by atoms with Crippen molar-refractivity contribution in [3.8, 4) is 11.5 Å². The summed E-state index contributed by atoms with van der Waals surface area (Å²) in [6.45, 7) is -0.0102. The van der Waals surface area contributed by atoms with Crippen molar-refractivity contribution < 1.29 is 21.8 Å². The summed E-state index contributed by atoms with van der Waals surface area (Å²) in [4.78, 5) is 4.46. The smallest absolute Gasteiger partial charge is 0.314 e. The largest absolute Gasteiger partial charge is 0.415 e. The number of nitrogens with zero attached hydrogens (tertiary/aromatic N) is 4. The summed E-state index contributed by atoms with van der Waals surface area (Å²) in [5, 5.41) is 6.77. The molecule has 158 valence electrons. The topological polar surface area (TPSA) is 72.1 Å². The van der Waals surface area contributed by atoms with Gasteiger partial charge in [-0.05, 0) is 36.4 Å². The molecule has 31 heavy (non-hydrogen) atoms. The zero-order valence-electron chi connectivity index (χ0n) is 15.9. The van der Waals surface area contributed by atoms with Gasteiger partial charge in [0.15, 0.2) is 11.0 Å². The molecule has 0 aliphatic heterocycles. The van der Waals surface area contributed by atoms with Gasteiger partial charge in [0, 0.05) is 29.2 Å². The maximum atomic E-state index is 14.9. The van der Waals surface area contributed by atoms with E-state index >= 15 is 0 Å². The molecule has 0 saturated heterocycles. The molecule has 0 N–H and O–H groups in total. The SMILES string of the molecule is O=S(c1cccnc1)N(Cc1ccc(-c2nnc(C(F)F)o2)cc1F)c1ccccc1. The van der Waals surface area contributed by atoms with E-state index in [0.29, 0.717) is 10.6 Å². The molecule has 0 bridgehead atoms. The second-order valence-corrected chi connectivity index (χ2v) is 7.77. The Labute approximate surface area is 178 Å². The summed E-state index contributed by atoms with van der Waals surface area (Å²) >= 11 is 0. The molecule has 2 aromatic carbocycles. The van der Waals surface area contributed by atoms with E-state index in [1.807, 2.05) is 6.07 Å². The van der Waals surface area contributed by atoms with E-state index in [9.17, 15) is 17.4 Å². The molecule has 0 aliphatic carbocycles. The standard InChI is InChI=1S/C21H15F3N4O2S/c22-18-11-14(20-26-27-21(30-20)19(23)24)8-9-15(18)13-28(16-5-2-1-3-6-16)31(29)17-7-4-10-25-12-17/h1-12,19H,13H2. The lowest BCUT2D eigenvalue weighted by atomic mass is 10.1. The molecule has 0 saturated carbocycles. The summed E-state index contributed by atoms with van der Waals surface area (Å²) in [5.74, 6) is -1.67. The number of halogens is 3. The number of pyridine rings is 1. The molecule has 0 aliphatic rings. The van der Waals surface area contributed by atoms with Crippen LogP contribution in [0, 0.1) is 5.82 Å². The summed E-state index contributed by atoms with van der Waals surface area (Å²) in [7, 11) is -1.64. The van der Waals surface area contributed by atoms with Gasteiger partial charge in [-0.15, -0.1) is 10.2 Å². The third-order valence-electron chi connectivity index (χ3n) is 4.32. The van der Waals surface area contributed by atoms with Crippen molar-refractivity contribution in [1.29, 1.82) is 0 Å². The van der Waals surface area contributed by atoms with E-state index in [4.69, 9.17) is 4.42 Å². The number of alkyl halides is 2. The van der Waals surface area contributed by atoms with E-state index in [1.165, 1.54) is 22.6 Å². The van der Waals surface area contributed by atoms with E-state index in [-0.39, 0.29) is 23.6 Å². The zero-order chi connectivity index (χ0) is 21.8. The predicted octanol–water partition coefficient (Wildman–Crippen LogP) is 4.94.